The lowest BCUT2D eigenvalue weighted by molar-refractivity contribution is -0.908. The summed E-state index contributed by atoms with van der Waals surface area (Å²) in [5, 5.41) is 5.00. The Labute approximate surface area is 158 Å². The molecule has 26 heavy (non-hydrogen) atoms. The molecule has 0 spiro atoms. The Kier molecular flexibility index (Phi) is 6.55. The van der Waals surface area contributed by atoms with Crippen LogP contribution in [0.1, 0.15) is 35.0 Å². The monoisotopic (exact) mass is 373 g/mol. The molecule has 1 aromatic carbocycles. The van der Waals surface area contributed by atoms with Crippen molar-refractivity contribution >= 4 is 28.7 Å². The number of carbonyl (C=O) groups excluding carboxylic acids is 2. The number of benzene rings is 1. The molecule has 1 aliphatic heterocycles. The summed E-state index contributed by atoms with van der Waals surface area (Å²) in [5.74, 6) is -0.00358. The fourth-order valence-corrected chi connectivity index (χ4v) is 3.99. The zero-order chi connectivity index (χ0) is 18.4. The van der Waals surface area contributed by atoms with Crippen LogP contribution in [-0.2, 0) is 16.1 Å². The van der Waals surface area contributed by atoms with Gasteiger partial charge in [0, 0.05) is 17.9 Å². The molecule has 1 amide bonds. The summed E-state index contributed by atoms with van der Waals surface area (Å²) in [5.41, 5.74) is 1.36. The lowest BCUT2D eigenvalue weighted by atomic mass is 10.1. The van der Waals surface area contributed by atoms with E-state index in [1.165, 1.54) is 16.7 Å². The second-order valence-electron chi connectivity index (χ2n) is 6.70. The summed E-state index contributed by atoms with van der Waals surface area (Å²) in [6.45, 7) is 4.42. The standard InChI is InChI=1S/C20H24N2O3S/c1-15(23)16-6-8-17(9-7-16)21-20(24)14-22(12-18-4-2-10-25-18)13-19-5-3-11-26-19/h3,5-9,11,18H,2,4,10,12-14H2,1H3,(H,21,24)/p+1/t18-/m1/s1. The molecule has 0 bridgehead atoms. The van der Waals surface area contributed by atoms with Crippen LogP contribution in [0.25, 0.3) is 0 Å². The van der Waals surface area contributed by atoms with Crippen molar-refractivity contribution in [1.29, 1.82) is 0 Å². The Hall–Kier alpha value is -2.02. The van der Waals surface area contributed by atoms with E-state index in [0.717, 1.165) is 32.5 Å². The number of amides is 1. The first-order chi connectivity index (χ1) is 12.6. The van der Waals surface area contributed by atoms with Crippen LogP contribution in [0.4, 0.5) is 5.69 Å². The van der Waals surface area contributed by atoms with Gasteiger partial charge in [0.2, 0.25) is 0 Å². The van der Waals surface area contributed by atoms with E-state index < -0.39 is 0 Å². The molecule has 2 aromatic rings. The number of thiophene rings is 1. The van der Waals surface area contributed by atoms with Crippen molar-refractivity contribution in [3.63, 3.8) is 0 Å². The predicted octanol–water partition coefficient (Wildman–Crippen LogP) is 2.15. The Morgan fingerprint density at radius 3 is 2.69 bits per heavy atom. The molecule has 5 nitrogen and oxygen atoms in total. The van der Waals surface area contributed by atoms with Crippen molar-refractivity contribution in [3.05, 3.63) is 52.2 Å². The zero-order valence-corrected chi connectivity index (χ0v) is 15.8. The third-order valence-electron chi connectivity index (χ3n) is 4.53. The quantitative estimate of drug-likeness (QED) is 0.697. The molecule has 1 fully saturated rings. The number of ether oxygens (including phenoxy) is 1. The average Bonchev–Trinajstić information content (AvgIpc) is 3.29. The van der Waals surface area contributed by atoms with Crippen molar-refractivity contribution < 1.29 is 19.2 Å². The molecule has 1 aromatic heterocycles. The van der Waals surface area contributed by atoms with E-state index in [-0.39, 0.29) is 17.8 Å². The van der Waals surface area contributed by atoms with Gasteiger partial charge in [0.1, 0.15) is 19.2 Å². The van der Waals surface area contributed by atoms with Crippen molar-refractivity contribution in [2.45, 2.75) is 32.4 Å². The van der Waals surface area contributed by atoms with Gasteiger partial charge in [0.25, 0.3) is 5.91 Å². The van der Waals surface area contributed by atoms with E-state index in [1.807, 2.05) is 6.07 Å². The molecule has 2 N–H and O–H groups in total. The van der Waals surface area contributed by atoms with Crippen LogP contribution < -0.4 is 10.2 Å². The van der Waals surface area contributed by atoms with Gasteiger partial charge in [0.15, 0.2) is 12.3 Å². The first-order valence-corrected chi connectivity index (χ1v) is 9.86. The van der Waals surface area contributed by atoms with Crippen LogP contribution in [0, 0.1) is 0 Å². The molecule has 2 atom stereocenters. The lowest BCUT2D eigenvalue weighted by Crippen LogP contribution is -3.12. The number of Topliss-reactive ketones (excluding diaryl/α,β-unsaturated/α-hetero) is 1. The van der Waals surface area contributed by atoms with Gasteiger partial charge in [-0.05, 0) is 55.5 Å². The Bertz CT molecular complexity index is 722. The molecule has 1 unspecified atom stereocenters. The third-order valence-corrected chi connectivity index (χ3v) is 5.41. The number of nitrogens with one attached hydrogen (secondary N) is 2. The molecular weight excluding hydrogens is 348 g/mol. The van der Waals surface area contributed by atoms with Crippen LogP contribution in [0.5, 0.6) is 0 Å². The molecule has 0 aliphatic carbocycles. The summed E-state index contributed by atoms with van der Waals surface area (Å²) in [4.78, 5) is 26.3. The van der Waals surface area contributed by atoms with Gasteiger partial charge >= 0.3 is 0 Å². The van der Waals surface area contributed by atoms with E-state index in [2.05, 4.69) is 16.8 Å². The minimum absolute atomic E-state index is 0.0195. The van der Waals surface area contributed by atoms with E-state index in [9.17, 15) is 9.59 Å². The van der Waals surface area contributed by atoms with Crippen molar-refractivity contribution in [2.24, 2.45) is 0 Å². The van der Waals surface area contributed by atoms with Gasteiger partial charge in [-0.15, -0.1) is 11.3 Å². The number of carbonyl (C=O) groups is 2. The molecule has 1 aliphatic rings. The van der Waals surface area contributed by atoms with E-state index in [4.69, 9.17) is 4.74 Å². The van der Waals surface area contributed by atoms with E-state index >= 15 is 0 Å². The smallest absolute Gasteiger partial charge is 0.279 e. The van der Waals surface area contributed by atoms with E-state index in [0.29, 0.717) is 17.8 Å². The molecule has 2 heterocycles. The number of hydrogen-bond acceptors (Lipinski definition) is 4. The second kappa shape index (κ2) is 9.07. The van der Waals surface area contributed by atoms with Gasteiger partial charge in [-0.3, -0.25) is 9.59 Å². The molecular formula is C20H25N2O3S+. The van der Waals surface area contributed by atoms with Gasteiger partial charge < -0.3 is 15.0 Å². The highest BCUT2D eigenvalue weighted by Crippen LogP contribution is 2.12. The Morgan fingerprint density at radius 2 is 2.08 bits per heavy atom. The minimum atomic E-state index is -0.0230. The number of quaternary nitrogens is 1. The van der Waals surface area contributed by atoms with Crippen molar-refractivity contribution in [2.75, 3.05) is 25.0 Å². The number of ketones is 1. The van der Waals surface area contributed by atoms with Gasteiger partial charge in [-0.25, -0.2) is 0 Å². The van der Waals surface area contributed by atoms with Crippen LogP contribution in [-0.4, -0.2) is 37.5 Å². The molecule has 1 saturated heterocycles. The second-order valence-corrected chi connectivity index (χ2v) is 7.74. The fraction of sp³-hybridized carbons (Fsp3) is 0.400. The SMILES string of the molecule is CC(=O)c1ccc(NC(=O)C[NH+](Cc2cccs2)C[C@H]2CCCO2)cc1. The molecule has 6 heteroatoms. The van der Waals surface area contributed by atoms with Gasteiger partial charge in [0.05, 0.1) is 4.88 Å². The lowest BCUT2D eigenvalue weighted by Gasteiger charge is -2.21. The van der Waals surface area contributed by atoms with Crippen LogP contribution in [0.2, 0.25) is 0 Å². The number of anilines is 1. The molecule has 0 radical (unpaired) electrons. The summed E-state index contributed by atoms with van der Waals surface area (Å²) in [6.07, 6.45) is 2.42. The number of hydrogen-bond donors (Lipinski definition) is 2. The maximum Gasteiger partial charge on any atom is 0.279 e. The highest BCUT2D eigenvalue weighted by molar-refractivity contribution is 7.09. The van der Waals surface area contributed by atoms with Gasteiger partial charge in [-0.1, -0.05) is 6.07 Å². The van der Waals surface area contributed by atoms with Gasteiger partial charge in [-0.2, -0.15) is 0 Å². The van der Waals surface area contributed by atoms with E-state index in [1.54, 1.807) is 35.6 Å². The highest BCUT2D eigenvalue weighted by Gasteiger charge is 2.24. The zero-order valence-electron chi connectivity index (χ0n) is 15.0. The summed E-state index contributed by atoms with van der Waals surface area (Å²) < 4.78 is 5.76. The molecule has 3 rings (SSSR count). The highest BCUT2D eigenvalue weighted by atomic mass is 32.1. The largest absolute Gasteiger partial charge is 0.372 e. The minimum Gasteiger partial charge on any atom is -0.372 e. The molecule has 138 valence electrons. The summed E-state index contributed by atoms with van der Waals surface area (Å²) >= 11 is 1.72. The van der Waals surface area contributed by atoms with Crippen LogP contribution in [0.3, 0.4) is 0 Å². The predicted molar refractivity (Wildman–Crippen MR) is 103 cm³/mol. The van der Waals surface area contributed by atoms with Crippen molar-refractivity contribution in [3.8, 4) is 0 Å². The maximum atomic E-state index is 12.5. The molecule has 0 saturated carbocycles. The van der Waals surface area contributed by atoms with Crippen LogP contribution in [0.15, 0.2) is 41.8 Å². The fourth-order valence-electron chi connectivity index (χ4n) is 3.21. The topological polar surface area (TPSA) is 59.8 Å². The normalized spacial score (nSPS) is 17.8. The summed E-state index contributed by atoms with van der Waals surface area (Å²) in [7, 11) is 0. The Morgan fingerprint density at radius 1 is 1.27 bits per heavy atom. The maximum absolute atomic E-state index is 12.5. The number of rotatable bonds is 8. The summed E-state index contributed by atoms with van der Waals surface area (Å²) in [6, 6.07) is 11.2. The Balaban J connectivity index is 1.58. The third kappa shape index (κ3) is 5.49. The average molecular weight is 373 g/mol. The van der Waals surface area contributed by atoms with Crippen LogP contribution >= 0.6 is 11.3 Å². The van der Waals surface area contributed by atoms with Crippen molar-refractivity contribution in [1.82, 2.24) is 0 Å². The first kappa shape index (κ1) is 18.8. The first-order valence-electron chi connectivity index (χ1n) is 8.98.